The van der Waals surface area contributed by atoms with Crippen LogP contribution in [0.25, 0.3) is 0 Å². The number of hydrogen-bond donors (Lipinski definition) is 2. The van der Waals surface area contributed by atoms with Crippen LogP contribution in [-0.4, -0.2) is 9.97 Å². The van der Waals surface area contributed by atoms with Crippen LogP contribution in [0, 0.1) is 6.92 Å². The van der Waals surface area contributed by atoms with Crippen LogP contribution < -0.4 is 11.1 Å². The zero-order chi connectivity index (χ0) is 11.5. The van der Waals surface area contributed by atoms with Crippen LogP contribution in [0.4, 0.5) is 17.2 Å². The molecule has 0 aliphatic rings. The van der Waals surface area contributed by atoms with Crippen molar-refractivity contribution in [3.63, 3.8) is 0 Å². The van der Waals surface area contributed by atoms with Gasteiger partial charge < -0.3 is 11.1 Å². The second-order valence-corrected chi connectivity index (χ2v) is 3.75. The monoisotopic (exact) mass is 234 g/mol. The number of nitrogens with one attached hydrogen (secondary N) is 1. The molecule has 0 saturated heterocycles. The van der Waals surface area contributed by atoms with Crippen molar-refractivity contribution in [1.82, 2.24) is 9.97 Å². The minimum absolute atomic E-state index is 0.220. The molecule has 0 amide bonds. The molecular weight excluding hydrogens is 224 g/mol. The summed E-state index contributed by atoms with van der Waals surface area (Å²) in [5, 5.41) is 3.37. The van der Waals surface area contributed by atoms with E-state index in [0.29, 0.717) is 5.82 Å². The third-order valence-corrected chi connectivity index (χ3v) is 2.32. The van der Waals surface area contributed by atoms with E-state index in [9.17, 15) is 0 Å². The molecule has 0 aliphatic carbocycles. The molecule has 3 N–H and O–H groups in total. The first-order valence-electron chi connectivity index (χ1n) is 4.77. The summed E-state index contributed by atoms with van der Waals surface area (Å²) in [7, 11) is 0. The highest BCUT2D eigenvalue weighted by atomic mass is 35.5. The number of anilines is 3. The van der Waals surface area contributed by atoms with Crippen LogP contribution in [0.1, 0.15) is 5.56 Å². The quantitative estimate of drug-likeness (QED) is 0.620. The number of rotatable bonds is 2. The fourth-order valence-corrected chi connectivity index (χ4v) is 1.52. The Morgan fingerprint density at radius 3 is 2.81 bits per heavy atom. The summed E-state index contributed by atoms with van der Waals surface area (Å²) in [6, 6.07) is 7.38. The standard InChI is InChI=1S/C11H11ClN4/c1-7-6-8(13)2-3-9(7)15-10-4-5-14-11(12)16-10/h2-6H,13H2,1H3,(H,14,15,16). The van der Waals surface area contributed by atoms with Gasteiger partial charge in [0.2, 0.25) is 5.28 Å². The van der Waals surface area contributed by atoms with Crippen molar-refractivity contribution >= 4 is 28.8 Å². The third kappa shape index (κ3) is 2.41. The third-order valence-electron chi connectivity index (χ3n) is 2.14. The lowest BCUT2D eigenvalue weighted by atomic mass is 10.2. The molecule has 82 valence electrons. The normalized spacial score (nSPS) is 10.1. The lowest BCUT2D eigenvalue weighted by Crippen LogP contribution is -1.97. The molecule has 1 aromatic heterocycles. The molecule has 1 heterocycles. The average Bonchev–Trinajstić information content (AvgIpc) is 2.22. The van der Waals surface area contributed by atoms with E-state index in [0.717, 1.165) is 16.9 Å². The van der Waals surface area contributed by atoms with Gasteiger partial charge in [-0.25, -0.2) is 9.97 Å². The highest BCUT2D eigenvalue weighted by Gasteiger charge is 2.01. The van der Waals surface area contributed by atoms with Crippen LogP contribution in [0.3, 0.4) is 0 Å². The summed E-state index contributed by atoms with van der Waals surface area (Å²) in [4.78, 5) is 7.86. The molecule has 0 spiro atoms. The maximum Gasteiger partial charge on any atom is 0.224 e. The Morgan fingerprint density at radius 1 is 1.31 bits per heavy atom. The van der Waals surface area contributed by atoms with Gasteiger partial charge in [0.1, 0.15) is 5.82 Å². The van der Waals surface area contributed by atoms with Gasteiger partial charge in [0, 0.05) is 17.6 Å². The van der Waals surface area contributed by atoms with Gasteiger partial charge in [-0.2, -0.15) is 0 Å². The van der Waals surface area contributed by atoms with Gasteiger partial charge in [-0.1, -0.05) is 0 Å². The number of aryl methyl sites for hydroxylation is 1. The van der Waals surface area contributed by atoms with E-state index in [4.69, 9.17) is 17.3 Å². The van der Waals surface area contributed by atoms with E-state index in [2.05, 4.69) is 15.3 Å². The molecule has 1 aromatic carbocycles. The largest absolute Gasteiger partial charge is 0.399 e. The Bertz CT molecular complexity index is 513. The van der Waals surface area contributed by atoms with Gasteiger partial charge in [-0.05, 0) is 48.4 Å². The lowest BCUT2D eigenvalue weighted by molar-refractivity contribution is 1.17. The van der Waals surface area contributed by atoms with Crippen molar-refractivity contribution in [2.24, 2.45) is 0 Å². The van der Waals surface area contributed by atoms with Gasteiger partial charge in [-0.15, -0.1) is 0 Å². The zero-order valence-corrected chi connectivity index (χ0v) is 9.49. The van der Waals surface area contributed by atoms with Crippen molar-refractivity contribution in [2.75, 3.05) is 11.1 Å². The van der Waals surface area contributed by atoms with Crippen molar-refractivity contribution in [3.8, 4) is 0 Å². The Kier molecular flexibility index (Phi) is 2.92. The minimum Gasteiger partial charge on any atom is -0.399 e. The molecular formula is C11H11ClN4. The smallest absolute Gasteiger partial charge is 0.224 e. The predicted molar refractivity (Wildman–Crippen MR) is 65.9 cm³/mol. The zero-order valence-electron chi connectivity index (χ0n) is 8.74. The Morgan fingerprint density at radius 2 is 2.12 bits per heavy atom. The summed E-state index contributed by atoms with van der Waals surface area (Å²) in [6.45, 7) is 1.97. The van der Waals surface area contributed by atoms with Crippen LogP contribution in [-0.2, 0) is 0 Å². The topological polar surface area (TPSA) is 63.8 Å². The van der Waals surface area contributed by atoms with E-state index >= 15 is 0 Å². The second-order valence-electron chi connectivity index (χ2n) is 3.41. The maximum atomic E-state index is 5.69. The molecule has 4 nitrogen and oxygen atoms in total. The van der Waals surface area contributed by atoms with Gasteiger partial charge in [0.25, 0.3) is 0 Å². The van der Waals surface area contributed by atoms with Gasteiger partial charge >= 0.3 is 0 Å². The van der Waals surface area contributed by atoms with E-state index in [1.807, 2.05) is 25.1 Å². The minimum atomic E-state index is 0.220. The molecule has 0 fully saturated rings. The van der Waals surface area contributed by atoms with Crippen molar-refractivity contribution in [1.29, 1.82) is 0 Å². The number of benzene rings is 1. The van der Waals surface area contributed by atoms with Crippen LogP contribution in [0.2, 0.25) is 5.28 Å². The molecule has 0 aliphatic heterocycles. The van der Waals surface area contributed by atoms with E-state index < -0.39 is 0 Å². The van der Waals surface area contributed by atoms with Crippen molar-refractivity contribution < 1.29 is 0 Å². The number of nitrogen functional groups attached to an aromatic ring is 1. The number of nitrogens with two attached hydrogens (primary N) is 1. The first kappa shape index (κ1) is 10.7. The van der Waals surface area contributed by atoms with E-state index in [-0.39, 0.29) is 5.28 Å². The Balaban J connectivity index is 2.27. The average molecular weight is 235 g/mol. The second kappa shape index (κ2) is 4.37. The van der Waals surface area contributed by atoms with Gasteiger partial charge in [-0.3, -0.25) is 0 Å². The van der Waals surface area contributed by atoms with Crippen LogP contribution in [0.15, 0.2) is 30.5 Å². The molecule has 0 bridgehead atoms. The SMILES string of the molecule is Cc1cc(N)ccc1Nc1ccnc(Cl)n1. The van der Waals surface area contributed by atoms with Gasteiger partial charge in [0.15, 0.2) is 0 Å². The molecule has 0 atom stereocenters. The fraction of sp³-hybridized carbons (Fsp3) is 0.0909. The molecule has 2 rings (SSSR count). The summed E-state index contributed by atoms with van der Waals surface area (Å²) in [6.07, 6.45) is 1.60. The highest BCUT2D eigenvalue weighted by Crippen LogP contribution is 2.21. The molecule has 16 heavy (non-hydrogen) atoms. The van der Waals surface area contributed by atoms with Crippen LogP contribution in [0.5, 0.6) is 0 Å². The first-order valence-corrected chi connectivity index (χ1v) is 5.14. The maximum absolute atomic E-state index is 5.69. The van der Waals surface area contributed by atoms with E-state index in [1.165, 1.54) is 0 Å². The fourth-order valence-electron chi connectivity index (χ4n) is 1.37. The van der Waals surface area contributed by atoms with Crippen molar-refractivity contribution in [2.45, 2.75) is 6.92 Å². The molecule has 5 heteroatoms. The van der Waals surface area contributed by atoms with Gasteiger partial charge in [0.05, 0.1) is 0 Å². The Labute approximate surface area is 98.5 Å². The lowest BCUT2D eigenvalue weighted by Gasteiger charge is -2.09. The molecule has 0 unspecified atom stereocenters. The van der Waals surface area contributed by atoms with Crippen molar-refractivity contribution in [3.05, 3.63) is 41.3 Å². The van der Waals surface area contributed by atoms with E-state index in [1.54, 1.807) is 12.3 Å². The number of hydrogen-bond acceptors (Lipinski definition) is 4. The highest BCUT2D eigenvalue weighted by molar-refractivity contribution is 6.28. The number of aromatic nitrogens is 2. The summed E-state index contributed by atoms with van der Waals surface area (Å²) in [5.41, 5.74) is 8.41. The molecule has 0 saturated carbocycles. The predicted octanol–water partition coefficient (Wildman–Crippen LogP) is 2.76. The Hall–Kier alpha value is -1.81. The molecule has 2 aromatic rings. The first-order chi connectivity index (χ1) is 7.65. The number of halogens is 1. The number of nitrogens with zero attached hydrogens (tertiary/aromatic N) is 2. The summed E-state index contributed by atoms with van der Waals surface area (Å²) >= 11 is 5.69. The molecule has 0 radical (unpaired) electrons. The summed E-state index contributed by atoms with van der Waals surface area (Å²) < 4.78 is 0. The summed E-state index contributed by atoms with van der Waals surface area (Å²) in [5.74, 6) is 0.660. The van der Waals surface area contributed by atoms with Crippen LogP contribution >= 0.6 is 11.6 Å².